The number of fused-ring (bicyclic) bond motifs is 1. The zero-order valence-electron chi connectivity index (χ0n) is 8.70. The van der Waals surface area contributed by atoms with Crippen LogP contribution in [0.5, 0.6) is 11.5 Å². The molecular formula is C11H13BrO3. The molecule has 0 aliphatic carbocycles. The summed E-state index contributed by atoms with van der Waals surface area (Å²) in [5.74, 6) is 1.60. The van der Waals surface area contributed by atoms with Crippen LogP contribution in [0.1, 0.15) is 18.6 Å². The van der Waals surface area contributed by atoms with Crippen molar-refractivity contribution in [2.24, 2.45) is 0 Å². The largest absolute Gasteiger partial charge is 0.454 e. The average molecular weight is 273 g/mol. The van der Waals surface area contributed by atoms with E-state index in [0.717, 1.165) is 17.1 Å². The molecule has 3 nitrogen and oxygen atoms in total. The van der Waals surface area contributed by atoms with Crippen molar-refractivity contribution in [2.45, 2.75) is 17.9 Å². The van der Waals surface area contributed by atoms with E-state index in [4.69, 9.17) is 14.2 Å². The molecule has 0 fully saturated rings. The van der Waals surface area contributed by atoms with Crippen molar-refractivity contribution in [3.8, 4) is 11.5 Å². The summed E-state index contributed by atoms with van der Waals surface area (Å²) >= 11 is 3.52. The third-order valence-electron chi connectivity index (χ3n) is 2.40. The first-order chi connectivity index (χ1) is 7.22. The Kier molecular flexibility index (Phi) is 3.17. The molecule has 2 atom stereocenters. The second-order valence-corrected chi connectivity index (χ2v) is 4.89. The van der Waals surface area contributed by atoms with Gasteiger partial charge in [-0.25, -0.2) is 0 Å². The molecule has 0 saturated heterocycles. The lowest BCUT2D eigenvalue weighted by Crippen LogP contribution is -2.10. The lowest BCUT2D eigenvalue weighted by Gasteiger charge is -2.18. The Hall–Kier alpha value is -0.740. The van der Waals surface area contributed by atoms with Gasteiger partial charge in [0, 0.05) is 11.9 Å². The molecule has 0 saturated carbocycles. The predicted octanol–water partition coefficient (Wildman–Crippen LogP) is 2.89. The molecular weight excluding hydrogens is 260 g/mol. The minimum absolute atomic E-state index is 0.0273. The number of methoxy groups -OCH3 is 1. The summed E-state index contributed by atoms with van der Waals surface area (Å²) in [4.78, 5) is 0.253. The van der Waals surface area contributed by atoms with Gasteiger partial charge in [0.1, 0.15) is 0 Å². The van der Waals surface area contributed by atoms with Crippen molar-refractivity contribution >= 4 is 15.9 Å². The Labute approximate surface area is 97.5 Å². The van der Waals surface area contributed by atoms with Crippen molar-refractivity contribution in [1.82, 2.24) is 0 Å². The van der Waals surface area contributed by atoms with E-state index < -0.39 is 0 Å². The minimum Gasteiger partial charge on any atom is -0.454 e. The van der Waals surface area contributed by atoms with Gasteiger partial charge in [-0.2, -0.15) is 0 Å². The Morgan fingerprint density at radius 3 is 2.73 bits per heavy atom. The van der Waals surface area contributed by atoms with Gasteiger partial charge in [-0.3, -0.25) is 0 Å². The van der Waals surface area contributed by atoms with Crippen LogP contribution in [0.4, 0.5) is 0 Å². The molecule has 1 aromatic carbocycles. The second-order valence-electron chi connectivity index (χ2n) is 3.45. The smallest absolute Gasteiger partial charge is 0.231 e. The molecule has 0 spiro atoms. The normalized spacial score (nSPS) is 17.5. The Morgan fingerprint density at radius 2 is 2.07 bits per heavy atom. The van der Waals surface area contributed by atoms with E-state index in [-0.39, 0.29) is 10.9 Å². The summed E-state index contributed by atoms with van der Waals surface area (Å²) in [6.07, 6.45) is 0.0273. The van der Waals surface area contributed by atoms with Gasteiger partial charge in [0.25, 0.3) is 0 Å². The Balaban J connectivity index is 2.28. The monoisotopic (exact) mass is 272 g/mol. The van der Waals surface area contributed by atoms with E-state index in [1.165, 1.54) is 0 Å². The maximum Gasteiger partial charge on any atom is 0.231 e. The van der Waals surface area contributed by atoms with Gasteiger partial charge in [0.2, 0.25) is 6.79 Å². The van der Waals surface area contributed by atoms with E-state index in [1.807, 2.05) is 18.2 Å². The highest BCUT2D eigenvalue weighted by Crippen LogP contribution is 2.36. The summed E-state index contributed by atoms with van der Waals surface area (Å²) in [6.45, 7) is 2.36. The van der Waals surface area contributed by atoms with Crippen LogP contribution in [0, 0.1) is 0 Å². The molecule has 2 rings (SSSR count). The summed E-state index contributed by atoms with van der Waals surface area (Å²) in [5.41, 5.74) is 1.09. The fourth-order valence-corrected chi connectivity index (χ4v) is 2.20. The van der Waals surface area contributed by atoms with Gasteiger partial charge < -0.3 is 14.2 Å². The molecule has 0 N–H and O–H groups in total. The first kappa shape index (κ1) is 10.8. The van der Waals surface area contributed by atoms with Crippen LogP contribution in [-0.4, -0.2) is 18.7 Å². The van der Waals surface area contributed by atoms with Gasteiger partial charge in [0.05, 0.1) is 6.10 Å². The highest BCUT2D eigenvalue weighted by molar-refractivity contribution is 9.09. The van der Waals surface area contributed by atoms with Crippen LogP contribution in [0.15, 0.2) is 18.2 Å². The molecule has 0 unspecified atom stereocenters. The highest BCUT2D eigenvalue weighted by atomic mass is 79.9. The van der Waals surface area contributed by atoms with Crippen molar-refractivity contribution in [2.75, 3.05) is 13.9 Å². The van der Waals surface area contributed by atoms with E-state index in [9.17, 15) is 0 Å². The zero-order valence-corrected chi connectivity index (χ0v) is 10.3. The first-order valence-electron chi connectivity index (χ1n) is 4.79. The number of hydrogen-bond donors (Lipinski definition) is 0. The SMILES string of the molecule is CO[C@@H](c1ccc2c(c1)OCO2)[C@H](C)Br. The summed E-state index contributed by atoms with van der Waals surface area (Å²) in [5, 5.41) is 0. The molecule has 1 heterocycles. The zero-order chi connectivity index (χ0) is 10.8. The van der Waals surface area contributed by atoms with Gasteiger partial charge >= 0.3 is 0 Å². The van der Waals surface area contributed by atoms with E-state index in [0.29, 0.717) is 6.79 Å². The maximum absolute atomic E-state index is 5.41. The third-order valence-corrected chi connectivity index (χ3v) is 2.88. The molecule has 1 aliphatic rings. The number of ether oxygens (including phenoxy) is 3. The number of hydrogen-bond acceptors (Lipinski definition) is 3. The first-order valence-corrected chi connectivity index (χ1v) is 5.70. The van der Waals surface area contributed by atoms with Crippen LogP contribution < -0.4 is 9.47 Å². The topological polar surface area (TPSA) is 27.7 Å². The molecule has 0 radical (unpaired) electrons. The second kappa shape index (κ2) is 4.41. The summed E-state index contributed by atoms with van der Waals surface area (Å²) < 4.78 is 16.0. The van der Waals surface area contributed by atoms with E-state index >= 15 is 0 Å². The molecule has 15 heavy (non-hydrogen) atoms. The van der Waals surface area contributed by atoms with Gasteiger partial charge in [0.15, 0.2) is 11.5 Å². The molecule has 82 valence electrons. The fraction of sp³-hybridized carbons (Fsp3) is 0.455. The van der Waals surface area contributed by atoms with Crippen LogP contribution >= 0.6 is 15.9 Å². The number of rotatable bonds is 3. The van der Waals surface area contributed by atoms with Crippen molar-refractivity contribution in [1.29, 1.82) is 0 Å². The standard InChI is InChI=1S/C11H13BrO3/c1-7(12)11(13-2)8-3-4-9-10(5-8)15-6-14-9/h3-5,7,11H,6H2,1-2H3/t7-,11+/m0/s1. The molecule has 0 aromatic heterocycles. The molecule has 1 aliphatic heterocycles. The predicted molar refractivity (Wildman–Crippen MR) is 60.7 cm³/mol. The van der Waals surface area contributed by atoms with Crippen LogP contribution in [-0.2, 0) is 4.74 Å². The van der Waals surface area contributed by atoms with Crippen molar-refractivity contribution < 1.29 is 14.2 Å². The van der Waals surface area contributed by atoms with Gasteiger partial charge in [-0.15, -0.1) is 0 Å². The van der Waals surface area contributed by atoms with Gasteiger partial charge in [-0.1, -0.05) is 22.0 Å². The van der Waals surface area contributed by atoms with E-state index in [2.05, 4.69) is 22.9 Å². The van der Waals surface area contributed by atoms with E-state index in [1.54, 1.807) is 7.11 Å². The fourth-order valence-electron chi connectivity index (χ4n) is 1.68. The molecule has 1 aromatic rings. The minimum atomic E-state index is 0.0273. The quantitative estimate of drug-likeness (QED) is 0.792. The van der Waals surface area contributed by atoms with Crippen molar-refractivity contribution in [3.05, 3.63) is 23.8 Å². The summed E-state index contributed by atoms with van der Waals surface area (Å²) in [6, 6.07) is 5.88. The van der Waals surface area contributed by atoms with Crippen LogP contribution in [0.3, 0.4) is 0 Å². The average Bonchev–Trinajstić information content (AvgIpc) is 2.65. The number of alkyl halides is 1. The van der Waals surface area contributed by atoms with Crippen LogP contribution in [0.25, 0.3) is 0 Å². The Bertz CT molecular complexity index is 352. The Morgan fingerprint density at radius 1 is 1.33 bits per heavy atom. The summed E-state index contributed by atoms with van der Waals surface area (Å²) in [7, 11) is 1.70. The maximum atomic E-state index is 5.41. The van der Waals surface area contributed by atoms with Crippen molar-refractivity contribution in [3.63, 3.8) is 0 Å². The number of halogens is 1. The third kappa shape index (κ3) is 2.11. The lowest BCUT2D eigenvalue weighted by atomic mass is 10.1. The lowest BCUT2D eigenvalue weighted by molar-refractivity contribution is 0.106. The highest BCUT2D eigenvalue weighted by Gasteiger charge is 2.20. The molecule has 0 bridgehead atoms. The number of benzene rings is 1. The molecule has 4 heteroatoms. The molecule has 0 amide bonds. The van der Waals surface area contributed by atoms with Gasteiger partial charge in [-0.05, 0) is 24.6 Å². The van der Waals surface area contributed by atoms with Crippen LogP contribution in [0.2, 0.25) is 0 Å².